The minimum absolute atomic E-state index is 0.0455. The molecule has 0 aliphatic heterocycles. The SMILES string of the molecule is O=c1c2ccccc2c2ccc3c(ccc4c5ccccc5c(=O)c43)c12. The van der Waals surface area contributed by atoms with Crippen molar-refractivity contribution in [1.29, 1.82) is 0 Å². The maximum Gasteiger partial charge on any atom is 0.194 e. The highest BCUT2D eigenvalue weighted by molar-refractivity contribution is 6.27. The van der Waals surface area contributed by atoms with E-state index < -0.39 is 0 Å². The molecule has 0 atom stereocenters. The third-order valence-electron chi connectivity index (χ3n) is 5.58. The second-order valence-corrected chi connectivity index (χ2v) is 6.82. The number of benzene rings is 4. The summed E-state index contributed by atoms with van der Waals surface area (Å²) in [5.41, 5.74) is 0.0909. The Morgan fingerprint density at radius 3 is 1.04 bits per heavy atom. The molecule has 26 heavy (non-hydrogen) atoms. The molecule has 0 heterocycles. The lowest BCUT2D eigenvalue weighted by Crippen LogP contribution is -1.97. The second-order valence-electron chi connectivity index (χ2n) is 6.82. The van der Waals surface area contributed by atoms with Crippen molar-refractivity contribution in [2.24, 2.45) is 0 Å². The molecule has 0 aromatic heterocycles. The molecule has 2 heteroatoms. The number of rotatable bonds is 0. The van der Waals surface area contributed by atoms with E-state index in [1.54, 1.807) is 0 Å². The van der Waals surface area contributed by atoms with Crippen LogP contribution in [0.3, 0.4) is 0 Å². The van der Waals surface area contributed by atoms with E-state index in [2.05, 4.69) is 0 Å². The molecular weight excluding hydrogens is 320 g/mol. The van der Waals surface area contributed by atoms with E-state index in [9.17, 15) is 9.59 Å². The molecule has 0 spiro atoms. The van der Waals surface area contributed by atoms with Crippen LogP contribution in [0.1, 0.15) is 0 Å². The van der Waals surface area contributed by atoms with E-state index in [1.165, 1.54) is 0 Å². The molecule has 0 radical (unpaired) electrons. The molecule has 0 N–H and O–H groups in total. The van der Waals surface area contributed by atoms with Crippen molar-refractivity contribution in [3.63, 3.8) is 0 Å². The predicted octanol–water partition coefficient (Wildman–Crippen LogP) is 5.05. The van der Waals surface area contributed by atoms with E-state index in [0.717, 1.165) is 53.9 Å². The van der Waals surface area contributed by atoms with Crippen LogP contribution in [-0.4, -0.2) is 0 Å². The van der Waals surface area contributed by atoms with Gasteiger partial charge in [-0.25, -0.2) is 0 Å². The van der Waals surface area contributed by atoms with Crippen molar-refractivity contribution in [3.05, 3.63) is 93.2 Å². The largest absolute Gasteiger partial charge is 0.289 e. The highest BCUT2D eigenvalue weighted by Gasteiger charge is 2.17. The minimum atomic E-state index is 0.0455. The smallest absolute Gasteiger partial charge is 0.194 e. The van der Waals surface area contributed by atoms with E-state index in [1.807, 2.05) is 72.8 Å². The Morgan fingerprint density at radius 2 is 0.654 bits per heavy atom. The Balaban J connectivity index is 1.95. The van der Waals surface area contributed by atoms with Crippen LogP contribution in [0.25, 0.3) is 53.9 Å². The lowest BCUT2D eigenvalue weighted by molar-refractivity contribution is 1.80. The average molecular weight is 332 g/mol. The fourth-order valence-corrected chi connectivity index (χ4v) is 4.45. The zero-order valence-corrected chi connectivity index (χ0v) is 13.7. The van der Waals surface area contributed by atoms with Crippen LogP contribution in [0.4, 0.5) is 0 Å². The van der Waals surface area contributed by atoms with Crippen LogP contribution in [0.2, 0.25) is 0 Å². The van der Waals surface area contributed by atoms with E-state index in [0.29, 0.717) is 0 Å². The van der Waals surface area contributed by atoms with Crippen molar-refractivity contribution in [2.45, 2.75) is 0 Å². The molecule has 0 aliphatic rings. The predicted molar refractivity (Wildman–Crippen MR) is 109 cm³/mol. The van der Waals surface area contributed by atoms with Gasteiger partial charge >= 0.3 is 0 Å². The van der Waals surface area contributed by atoms with Crippen molar-refractivity contribution in [1.82, 2.24) is 0 Å². The van der Waals surface area contributed by atoms with Crippen molar-refractivity contribution in [2.75, 3.05) is 0 Å². The first-order chi connectivity index (χ1) is 12.8. The van der Waals surface area contributed by atoms with Gasteiger partial charge in [-0.1, -0.05) is 72.8 Å². The van der Waals surface area contributed by atoms with Gasteiger partial charge in [0.15, 0.2) is 10.9 Å². The quantitative estimate of drug-likeness (QED) is 0.390. The molecule has 6 rings (SSSR count). The lowest BCUT2D eigenvalue weighted by atomic mass is 10.0. The van der Waals surface area contributed by atoms with Gasteiger partial charge in [0.2, 0.25) is 0 Å². The topological polar surface area (TPSA) is 34.1 Å². The maximum atomic E-state index is 13.0. The Hall–Kier alpha value is -3.52. The summed E-state index contributed by atoms with van der Waals surface area (Å²) in [6.07, 6.45) is 0. The molecule has 0 saturated carbocycles. The zero-order valence-electron chi connectivity index (χ0n) is 13.7. The van der Waals surface area contributed by atoms with Gasteiger partial charge in [0.05, 0.1) is 0 Å². The van der Waals surface area contributed by atoms with Gasteiger partial charge in [0.25, 0.3) is 0 Å². The molecule has 2 nitrogen and oxygen atoms in total. The Kier molecular flexibility index (Phi) is 2.41. The first kappa shape index (κ1) is 13.7. The molecule has 0 amide bonds. The first-order valence-corrected chi connectivity index (χ1v) is 8.63. The summed E-state index contributed by atoms with van der Waals surface area (Å²) in [5.74, 6) is 0. The van der Waals surface area contributed by atoms with Crippen LogP contribution in [-0.2, 0) is 0 Å². The van der Waals surface area contributed by atoms with Crippen LogP contribution in [0.5, 0.6) is 0 Å². The standard InChI is InChI=1S/C24H12O2/c25-23-19-7-3-1-5-13(19)15-9-11-18-17(21(15)23)12-10-16-14-6-2-4-8-20(14)24(26)22(16)18/h1-12H. The highest BCUT2D eigenvalue weighted by atomic mass is 16.1. The molecule has 0 aliphatic carbocycles. The Bertz CT molecular complexity index is 1490. The van der Waals surface area contributed by atoms with Crippen LogP contribution >= 0.6 is 0 Å². The van der Waals surface area contributed by atoms with Gasteiger partial charge in [0, 0.05) is 21.5 Å². The lowest BCUT2D eigenvalue weighted by Gasteiger charge is -2.02. The normalized spacial score (nSPS) is 12.2. The Morgan fingerprint density at radius 1 is 0.346 bits per heavy atom. The summed E-state index contributed by atoms with van der Waals surface area (Å²) in [6.45, 7) is 0. The van der Waals surface area contributed by atoms with E-state index in [4.69, 9.17) is 0 Å². The Labute approximate surface area is 147 Å². The molecule has 0 unspecified atom stereocenters. The van der Waals surface area contributed by atoms with Crippen LogP contribution in [0.15, 0.2) is 82.4 Å². The third-order valence-corrected chi connectivity index (χ3v) is 5.58. The second kappa shape index (κ2) is 4.55. The van der Waals surface area contributed by atoms with Crippen LogP contribution in [0, 0.1) is 0 Å². The molecule has 6 aromatic rings. The fourth-order valence-electron chi connectivity index (χ4n) is 4.45. The fraction of sp³-hybridized carbons (Fsp3) is 0. The van der Waals surface area contributed by atoms with Crippen molar-refractivity contribution >= 4 is 53.9 Å². The van der Waals surface area contributed by atoms with Gasteiger partial charge in [-0.05, 0) is 32.3 Å². The van der Waals surface area contributed by atoms with Crippen molar-refractivity contribution < 1.29 is 0 Å². The first-order valence-electron chi connectivity index (χ1n) is 8.63. The molecular formula is C24H12O2. The van der Waals surface area contributed by atoms with Gasteiger partial charge < -0.3 is 0 Å². The summed E-state index contributed by atoms with van der Waals surface area (Å²) in [5, 5.41) is 8.52. The third kappa shape index (κ3) is 1.48. The summed E-state index contributed by atoms with van der Waals surface area (Å²) < 4.78 is 0. The molecule has 0 saturated heterocycles. The summed E-state index contributed by atoms with van der Waals surface area (Å²) in [6, 6.07) is 23.4. The average Bonchev–Trinajstić information content (AvgIpc) is 3.15. The number of hydrogen-bond acceptors (Lipinski definition) is 2. The monoisotopic (exact) mass is 332 g/mol. The van der Waals surface area contributed by atoms with Gasteiger partial charge in [-0.3, -0.25) is 9.59 Å². The highest BCUT2D eigenvalue weighted by Crippen LogP contribution is 2.35. The molecule has 6 aromatic carbocycles. The van der Waals surface area contributed by atoms with Gasteiger partial charge in [-0.2, -0.15) is 0 Å². The van der Waals surface area contributed by atoms with E-state index >= 15 is 0 Å². The number of hydrogen-bond donors (Lipinski definition) is 0. The van der Waals surface area contributed by atoms with Crippen LogP contribution < -0.4 is 10.9 Å². The van der Waals surface area contributed by atoms with Gasteiger partial charge in [0.1, 0.15) is 0 Å². The molecule has 0 bridgehead atoms. The number of fused-ring (bicyclic) bond motifs is 9. The summed E-state index contributed by atoms with van der Waals surface area (Å²) >= 11 is 0. The van der Waals surface area contributed by atoms with Gasteiger partial charge in [-0.15, -0.1) is 0 Å². The minimum Gasteiger partial charge on any atom is -0.289 e. The molecule has 0 fully saturated rings. The zero-order chi connectivity index (χ0) is 17.4. The summed E-state index contributed by atoms with van der Waals surface area (Å²) in [4.78, 5) is 26.0. The molecule has 120 valence electrons. The van der Waals surface area contributed by atoms with Crippen molar-refractivity contribution in [3.8, 4) is 0 Å². The summed E-state index contributed by atoms with van der Waals surface area (Å²) in [7, 11) is 0. The maximum absolute atomic E-state index is 13.0. The van der Waals surface area contributed by atoms with E-state index in [-0.39, 0.29) is 10.9 Å².